The number of hydrogen-bond acceptors (Lipinski definition) is 3. The van der Waals surface area contributed by atoms with E-state index in [0.717, 1.165) is 11.3 Å². The summed E-state index contributed by atoms with van der Waals surface area (Å²) in [5.41, 5.74) is 0.965. The van der Waals surface area contributed by atoms with Crippen molar-refractivity contribution in [3.8, 4) is 5.75 Å². The number of rotatable bonds is 5. The Morgan fingerprint density at radius 3 is 2.09 bits per heavy atom. The van der Waals surface area contributed by atoms with Crippen LogP contribution >= 0.6 is 11.6 Å². The number of piperazine rings is 1. The summed E-state index contributed by atoms with van der Waals surface area (Å²) in [6.07, 6.45) is 0.371. The molecule has 1 aliphatic heterocycles. The predicted molar refractivity (Wildman–Crippen MR) is 85.2 cm³/mol. The largest absolute Gasteiger partial charge is 0.494 e. The number of carbonyl (C=O) groups is 2. The molecule has 0 bridgehead atoms. The van der Waals surface area contributed by atoms with Gasteiger partial charge in [-0.1, -0.05) is 12.1 Å². The van der Waals surface area contributed by atoms with E-state index in [4.69, 9.17) is 16.3 Å². The number of alkyl halides is 1. The number of amides is 2. The topological polar surface area (TPSA) is 49.9 Å². The fourth-order valence-corrected chi connectivity index (χ4v) is 2.62. The summed E-state index contributed by atoms with van der Waals surface area (Å²) in [5.74, 6) is 0.828. The van der Waals surface area contributed by atoms with Crippen LogP contribution in [0.15, 0.2) is 24.3 Å². The molecule has 0 atom stereocenters. The van der Waals surface area contributed by atoms with E-state index < -0.39 is 0 Å². The SMILES string of the molecule is CCOc1ccc(CC(=O)N2CCN(C(=O)CCl)CC2)cc1. The Morgan fingerprint density at radius 2 is 1.59 bits per heavy atom. The molecule has 22 heavy (non-hydrogen) atoms. The maximum atomic E-state index is 12.3. The minimum absolute atomic E-state index is 0.000125. The van der Waals surface area contributed by atoms with Crippen LogP contribution in [-0.4, -0.2) is 60.3 Å². The van der Waals surface area contributed by atoms with E-state index in [1.54, 1.807) is 9.80 Å². The van der Waals surface area contributed by atoms with Crippen molar-refractivity contribution in [3.05, 3.63) is 29.8 Å². The van der Waals surface area contributed by atoms with Gasteiger partial charge in [-0.25, -0.2) is 0 Å². The average Bonchev–Trinajstić information content (AvgIpc) is 2.56. The van der Waals surface area contributed by atoms with Crippen LogP contribution in [0.2, 0.25) is 0 Å². The molecule has 1 aromatic rings. The van der Waals surface area contributed by atoms with Gasteiger partial charge in [0.1, 0.15) is 11.6 Å². The van der Waals surface area contributed by atoms with Crippen LogP contribution in [0, 0.1) is 0 Å². The Bertz CT molecular complexity index is 511. The van der Waals surface area contributed by atoms with Gasteiger partial charge in [0.15, 0.2) is 0 Å². The molecule has 6 heteroatoms. The molecule has 2 rings (SSSR count). The normalized spacial score (nSPS) is 14.8. The van der Waals surface area contributed by atoms with Gasteiger partial charge >= 0.3 is 0 Å². The highest BCUT2D eigenvalue weighted by Gasteiger charge is 2.23. The van der Waals surface area contributed by atoms with Gasteiger partial charge in [-0.15, -0.1) is 11.6 Å². The second-order valence-electron chi connectivity index (χ2n) is 5.15. The number of halogens is 1. The fraction of sp³-hybridized carbons (Fsp3) is 0.500. The summed E-state index contributed by atoms with van der Waals surface area (Å²) >= 11 is 5.54. The second-order valence-corrected chi connectivity index (χ2v) is 5.42. The van der Waals surface area contributed by atoms with Crippen molar-refractivity contribution in [2.45, 2.75) is 13.3 Å². The molecule has 0 unspecified atom stereocenters. The highest BCUT2D eigenvalue weighted by atomic mass is 35.5. The Hall–Kier alpha value is -1.75. The first-order valence-corrected chi connectivity index (χ1v) is 8.00. The minimum Gasteiger partial charge on any atom is -0.494 e. The van der Waals surface area contributed by atoms with Crippen molar-refractivity contribution in [2.75, 3.05) is 38.7 Å². The van der Waals surface area contributed by atoms with Crippen LogP contribution in [0.3, 0.4) is 0 Å². The molecule has 0 N–H and O–H groups in total. The van der Waals surface area contributed by atoms with Crippen LogP contribution < -0.4 is 4.74 Å². The highest BCUT2D eigenvalue weighted by Crippen LogP contribution is 2.14. The molecule has 1 aromatic carbocycles. The van der Waals surface area contributed by atoms with E-state index in [0.29, 0.717) is 39.2 Å². The van der Waals surface area contributed by atoms with Crippen molar-refractivity contribution in [1.82, 2.24) is 9.80 Å². The summed E-state index contributed by atoms with van der Waals surface area (Å²) in [6, 6.07) is 7.58. The van der Waals surface area contributed by atoms with E-state index in [1.165, 1.54) is 0 Å². The summed E-state index contributed by atoms with van der Waals surface area (Å²) in [7, 11) is 0. The smallest absolute Gasteiger partial charge is 0.237 e. The number of nitrogens with zero attached hydrogens (tertiary/aromatic N) is 2. The van der Waals surface area contributed by atoms with Crippen LogP contribution in [0.1, 0.15) is 12.5 Å². The Morgan fingerprint density at radius 1 is 1.05 bits per heavy atom. The Balaban J connectivity index is 1.84. The maximum Gasteiger partial charge on any atom is 0.237 e. The molecule has 120 valence electrons. The van der Waals surface area contributed by atoms with Gasteiger partial charge in [-0.3, -0.25) is 9.59 Å². The summed E-state index contributed by atoms with van der Waals surface area (Å²) < 4.78 is 5.38. The molecule has 1 heterocycles. The first kappa shape index (κ1) is 16.6. The third kappa shape index (κ3) is 4.37. The number of ether oxygens (including phenoxy) is 1. The zero-order valence-corrected chi connectivity index (χ0v) is 13.5. The molecule has 5 nitrogen and oxygen atoms in total. The lowest BCUT2D eigenvalue weighted by Crippen LogP contribution is -2.51. The molecule has 0 saturated carbocycles. The molecule has 0 radical (unpaired) electrons. The Kier molecular flexibility index (Phi) is 6.07. The molecule has 2 amide bonds. The number of hydrogen-bond donors (Lipinski definition) is 0. The molecule has 1 fully saturated rings. The third-order valence-corrected chi connectivity index (χ3v) is 3.92. The highest BCUT2D eigenvalue weighted by molar-refractivity contribution is 6.27. The Labute approximate surface area is 135 Å². The zero-order valence-electron chi connectivity index (χ0n) is 12.8. The fourth-order valence-electron chi connectivity index (χ4n) is 2.45. The van der Waals surface area contributed by atoms with Gasteiger partial charge in [-0.05, 0) is 24.6 Å². The lowest BCUT2D eigenvalue weighted by Gasteiger charge is -2.34. The van der Waals surface area contributed by atoms with Gasteiger partial charge in [0.2, 0.25) is 11.8 Å². The van der Waals surface area contributed by atoms with Gasteiger partial charge in [0, 0.05) is 26.2 Å². The third-order valence-electron chi connectivity index (χ3n) is 3.69. The molecule has 0 aromatic heterocycles. The van der Waals surface area contributed by atoms with Crippen LogP contribution in [-0.2, 0) is 16.0 Å². The molecular weight excluding hydrogens is 304 g/mol. The molecule has 1 saturated heterocycles. The standard InChI is InChI=1S/C16H21ClN2O3/c1-2-22-14-5-3-13(4-6-14)11-15(20)18-7-9-19(10-8-18)16(21)12-17/h3-6H,2,7-12H2,1H3. The van der Waals surface area contributed by atoms with E-state index in [-0.39, 0.29) is 17.7 Å². The first-order chi connectivity index (χ1) is 10.6. The monoisotopic (exact) mass is 324 g/mol. The lowest BCUT2D eigenvalue weighted by molar-refractivity contribution is -0.137. The average molecular weight is 325 g/mol. The van der Waals surface area contributed by atoms with E-state index in [9.17, 15) is 9.59 Å². The number of benzene rings is 1. The second kappa shape index (κ2) is 8.03. The van der Waals surface area contributed by atoms with Crippen LogP contribution in [0.4, 0.5) is 0 Å². The number of carbonyl (C=O) groups excluding carboxylic acids is 2. The summed E-state index contributed by atoms with van der Waals surface area (Å²) in [4.78, 5) is 27.3. The van der Waals surface area contributed by atoms with E-state index in [2.05, 4.69) is 0 Å². The van der Waals surface area contributed by atoms with Crippen molar-refractivity contribution in [1.29, 1.82) is 0 Å². The minimum atomic E-state index is -0.0692. The van der Waals surface area contributed by atoms with E-state index >= 15 is 0 Å². The predicted octanol–water partition coefficient (Wildman–Crippen LogP) is 1.54. The van der Waals surface area contributed by atoms with Gasteiger partial charge in [0.05, 0.1) is 13.0 Å². The lowest BCUT2D eigenvalue weighted by atomic mass is 10.1. The van der Waals surface area contributed by atoms with Crippen molar-refractivity contribution in [3.63, 3.8) is 0 Å². The first-order valence-electron chi connectivity index (χ1n) is 7.47. The van der Waals surface area contributed by atoms with Crippen molar-refractivity contribution >= 4 is 23.4 Å². The van der Waals surface area contributed by atoms with Gasteiger partial charge in [-0.2, -0.15) is 0 Å². The maximum absolute atomic E-state index is 12.3. The van der Waals surface area contributed by atoms with Crippen molar-refractivity contribution in [2.24, 2.45) is 0 Å². The molecule has 0 aliphatic carbocycles. The summed E-state index contributed by atoms with van der Waals surface area (Å²) in [5, 5.41) is 0. The zero-order chi connectivity index (χ0) is 15.9. The quantitative estimate of drug-likeness (QED) is 0.772. The molecular formula is C16H21ClN2O3. The van der Waals surface area contributed by atoms with Crippen LogP contribution in [0.25, 0.3) is 0 Å². The van der Waals surface area contributed by atoms with Crippen molar-refractivity contribution < 1.29 is 14.3 Å². The molecule has 0 spiro atoms. The molecule has 1 aliphatic rings. The van der Waals surface area contributed by atoms with Gasteiger partial charge < -0.3 is 14.5 Å². The van der Waals surface area contributed by atoms with E-state index in [1.807, 2.05) is 31.2 Å². The van der Waals surface area contributed by atoms with Crippen LogP contribution in [0.5, 0.6) is 5.75 Å². The van der Waals surface area contributed by atoms with Gasteiger partial charge in [0.25, 0.3) is 0 Å². The summed E-state index contributed by atoms with van der Waals surface area (Å²) in [6.45, 7) is 4.81.